The number of sulfonamides is 1. The molecule has 0 amide bonds. The number of halogens is 3. The minimum atomic E-state index is -4.63. The highest BCUT2D eigenvalue weighted by Crippen LogP contribution is 2.37. The SMILES string of the molecule is O=S(=O)(Nc1ccc(NCCO)c(C(F)(F)F)c1)C1CC1. The molecule has 0 radical (unpaired) electrons. The van der Waals surface area contributed by atoms with Gasteiger partial charge in [0.1, 0.15) is 0 Å². The standard InChI is InChI=1S/C12H15F3N2O3S/c13-12(14,15)10-7-8(1-4-11(10)16-5-6-18)17-21(19,20)9-2-3-9/h1,4,7,9,16-18H,2-3,5-6H2. The van der Waals surface area contributed by atoms with Crippen molar-refractivity contribution < 1.29 is 26.7 Å². The predicted molar refractivity (Wildman–Crippen MR) is 72.6 cm³/mol. The summed E-state index contributed by atoms with van der Waals surface area (Å²) in [5.74, 6) is 0. The molecular formula is C12H15F3N2O3S. The van der Waals surface area contributed by atoms with Gasteiger partial charge in [0.25, 0.3) is 0 Å². The van der Waals surface area contributed by atoms with E-state index in [0.29, 0.717) is 12.8 Å². The van der Waals surface area contributed by atoms with Gasteiger partial charge in [0, 0.05) is 17.9 Å². The number of nitrogens with one attached hydrogen (secondary N) is 2. The maximum Gasteiger partial charge on any atom is 0.418 e. The highest BCUT2D eigenvalue weighted by molar-refractivity contribution is 7.93. The molecule has 1 aliphatic carbocycles. The molecule has 1 aromatic rings. The van der Waals surface area contributed by atoms with Crippen LogP contribution < -0.4 is 10.0 Å². The van der Waals surface area contributed by atoms with E-state index in [4.69, 9.17) is 5.11 Å². The maximum absolute atomic E-state index is 13.0. The maximum atomic E-state index is 13.0. The molecule has 5 nitrogen and oxygen atoms in total. The summed E-state index contributed by atoms with van der Waals surface area (Å²) in [6, 6.07) is 3.15. The van der Waals surface area contributed by atoms with Gasteiger partial charge in [-0.05, 0) is 31.0 Å². The van der Waals surface area contributed by atoms with Crippen molar-refractivity contribution in [2.75, 3.05) is 23.2 Å². The fourth-order valence-corrected chi connectivity index (χ4v) is 3.19. The highest BCUT2D eigenvalue weighted by atomic mass is 32.2. The fraction of sp³-hybridized carbons (Fsp3) is 0.500. The Morgan fingerprint density at radius 3 is 2.48 bits per heavy atom. The molecular weight excluding hydrogens is 309 g/mol. The largest absolute Gasteiger partial charge is 0.418 e. The Morgan fingerprint density at radius 1 is 1.29 bits per heavy atom. The van der Waals surface area contributed by atoms with E-state index >= 15 is 0 Å². The molecule has 3 N–H and O–H groups in total. The van der Waals surface area contributed by atoms with Gasteiger partial charge in [-0.15, -0.1) is 0 Å². The van der Waals surface area contributed by atoms with Crippen molar-refractivity contribution >= 4 is 21.4 Å². The number of benzene rings is 1. The van der Waals surface area contributed by atoms with E-state index in [2.05, 4.69) is 10.0 Å². The Labute approximate surface area is 120 Å². The van der Waals surface area contributed by atoms with Crippen LogP contribution >= 0.6 is 0 Å². The van der Waals surface area contributed by atoms with Crippen LogP contribution in [-0.2, 0) is 16.2 Å². The lowest BCUT2D eigenvalue weighted by molar-refractivity contribution is -0.136. The first-order chi connectivity index (χ1) is 9.74. The van der Waals surface area contributed by atoms with Crippen molar-refractivity contribution in [2.24, 2.45) is 0 Å². The van der Waals surface area contributed by atoms with Gasteiger partial charge in [-0.25, -0.2) is 8.42 Å². The molecule has 0 heterocycles. The van der Waals surface area contributed by atoms with Crippen molar-refractivity contribution in [1.29, 1.82) is 0 Å². The van der Waals surface area contributed by atoms with Gasteiger partial charge in [0.05, 0.1) is 17.4 Å². The lowest BCUT2D eigenvalue weighted by atomic mass is 10.1. The Balaban J connectivity index is 2.28. The third-order valence-corrected chi connectivity index (χ3v) is 4.84. The zero-order chi connectivity index (χ0) is 15.7. The average Bonchev–Trinajstić information content (AvgIpc) is 3.20. The summed E-state index contributed by atoms with van der Waals surface area (Å²) in [4.78, 5) is 0. The molecule has 1 saturated carbocycles. The molecule has 0 unspecified atom stereocenters. The molecule has 0 aromatic heterocycles. The van der Waals surface area contributed by atoms with E-state index < -0.39 is 27.0 Å². The van der Waals surface area contributed by atoms with Crippen LogP contribution in [0, 0.1) is 0 Å². The number of alkyl halides is 3. The Kier molecular flexibility index (Phi) is 4.33. The van der Waals surface area contributed by atoms with Gasteiger partial charge in [-0.3, -0.25) is 4.72 Å². The van der Waals surface area contributed by atoms with Gasteiger partial charge < -0.3 is 10.4 Å². The zero-order valence-corrected chi connectivity index (χ0v) is 11.8. The van der Waals surface area contributed by atoms with Crippen molar-refractivity contribution in [3.05, 3.63) is 23.8 Å². The summed E-state index contributed by atoms with van der Waals surface area (Å²) < 4.78 is 64.6. The van der Waals surface area contributed by atoms with E-state index in [9.17, 15) is 21.6 Å². The monoisotopic (exact) mass is 324 g/mol. The summed E-state index contributed by atoms with van der Waals surface area (Å²) in [6.45, 7) is -0.344. The van der Waals surface area contributed by atoms with E-state index in [1.807, 2.05) is 0 Å². The molecule has 2 rings (SSSR count). The van der Waals surface area contributed by atoms with Gasteiger partial charge in [-0.1, -0.05) is 0 Å². The van der Waals surface area contributed by atoms with Gasteiger partial charge in [0.15, 0.2) is 0 Å². The van der Waals surface area contributed by atoms with Gasteiger partial charge in [0.2, 0.25) is 10.0 Å². The summed E-state index contributed by atoms with van der Waals surface area (Å²) >= 11 is 0. The van der Waals surface area contributed by atoms with Crippen LogP contribution in [0.3, 0.4) is 0 Å². The lowest BCUT2D eigenvalue weighted by Gasteiger charge is -2.16. The van der Waals surface area contributed by atoms with E-state index in [-0.39, 0.29) is 24.5 Å². The van der Waals surface area contributed by atoms with Crippen LogP contribution in [0.4, 0.5) is 24.5 Å². The number of hydrogen-bond acceptors (Lipinski definition) is 4. The highest BCUT2D eigenvalue weighted by Gasteiger charge is 2.37. The van der Waals surface area contributed by atoms with Crippen molar-refractivity contribution in [3.8, 4) is 0 Å². The minimum absolute atomic E-state index is 0.0315. The zero-order valence-electron chi connectivity index (χ0n) is 10.9. The van der Waals surface area contributed by atoms with Crippen LogP contribution in [0.5, 0.6) is 0 Å². The number of aliphatic hydroxyl groups is 1. The van der Waals surface area contributed by atoms with Gasteiger partial charge in [-0.2, -0.15) is 13.2 Å². The second-order valence-electron chi connectivity index (χ2n) is 4.75. The molecule has 118 valence electrons. The second kappa shape index (κ2) is 5.72. The van der Waals surface area contributed by atoms with E-state index in [0.717, 1.165) is 12.1 Å². The molecule has 21 heavy (non-hydrogen) atoms. The molecule has 0 bridgehead atoms. The average molecular weight is 324 g/mol. The molecule has 1 aromatic carbocycles. The molecule has 0 aliphatic heterocycles. The number of aliphatic hydroxyl groups excluding tert-OH is 1. The third-order valence-electron chi connectivity index (χ3n) is 2.98. The number of anilines is 2. The summed E-state index contributed by atoms with van der Waals surface area (Å²) in [5, 5.41) is 10.6. The number of rotatable bonds is 6. The Hall–Kier alpha value is -1.48. The first kappa shape index (κ1) is 15.9. The van der Waals surface area contributed by atoms with Crippen molar-refractivity contribution in [3.63, 3.8) is 0 Å². The third kappa shape index (κ3) is 4.01. The van der Waals surface area contributed by atoms with Crippen LogP contribution in [0.2, 0.25) is 0 Å². The molecule has 0 saturated heterocycles. The van der Waals surface area contributed by atoms with Crippen LogP contribution in [-0.4, -0.2) is 31.9 Å². The molecule has 9 heteroatoms. The summed E-state index contributed by atoms with van der Waals surface area (Å²) in [5.41, 5.74) is -1.30. The first-order valence-electron chi connectivity index (χ1n) is 6.31. The quantitative estimate of drug-likeness (QED) is 0.748. The van der Waals surface area contributed by atoms with Crippen LogP contribution in [0.15, 0.2) is 18.2 Å². The first-order valence-corrected chi connectivity index (χ1v) is 7.86. The minimum Gasteiger partial charge on any atom is -0.395 e. The van der Waals surface area contributed by atoms with Crippen molar-refractivity contribution in [2.45, 2.75) is 24.3 Å². The van der Waals surface area contributed by atoms with Gasteiger partial charge >= 0.3 is 6.18 Å². The van der Waals surface area contributed by atoms with E-state index in [1.165, 1.54) is 6.07 Å². The normalized spacial score (nSPS) is 15.8. The number of hydrogen-bond donors (Lipinski definition) is 3. The summed E-state index contributed by atoms with van der Waals surface area (Å²) in [7, 11) is -3.61. The Bertz CT molecular complexity index is 613. The predicted octanol–water partition coefficient (Wildman–Crippen LogP) is 2.01. The smallest absolute Gasteiger partial charge is 0.395 e. The van der Waals surface area contributed by atoms with Crippen LogP contribution in [0.25, 0.3) is 0 Å². The molecule has 0 spiro atoms. The second-order valence-corrected chi connectivity index (χ2v) is 6.72. The molecule has 0 atom stereocenters. The van der Waals surface area contributed by atoms with Crippen molar-refractivity contribution in [1.82, 2.24) is 0 Å². The van der Waals surface area contributed by atoms with Crippen LogP contribution in [0.1, 0.15) is 18.4 Å². The summed E-state index contributed by atoms with van der Waals surface area (Å²) in [6.07, 6.45) is -3.58. The fourth-order valence-electron chi connectivity index (χ4n) is 1.81. The Morgan fingerprint density at radius 2 is 1.95 bits per heavy atom. The lowest BCUT2D eigenvalue weighted by Crippen LogP contribution is -2.19. The topological polar surface area (TPSA) is 78.4 Å². The van der Waals surface area contributed by atoms with E-state index in [1.54, 1.807) is 0 Å². The molecule has 1 aliphatic rings. The molecule has 1 fully saturated rings.